The second-order valence-electron chi connectivity index (χ2n) is 5.74. The van der Waals surface area contributed by atoms with Gasteiger partial charge in [0, 0.05) is 0 Å². The summed E-state index contributed by atoms with van der Waals surface area (Å²) in [6.07, 6.45) is 0. The van der Waals surface area contributed by atoms with Crippen LogP contribution in [0.4, 0.5) is 0 Å². The molecule has 0 aliphatic carbocycles. The normalized spacial score (nSPS) is 12.5. The third kappa shape index (κ3) is 2.74. The van der Waals surface area contributed by atoms with Gasteiger partial charge in [0.25, 0.3) is 0 Å². The van der Waals surface area contributed by atoms with Crippen LogP contribution in [0.3, 0.4) is 0 Å². The summed E-state index contributed by atoms with van der Waals surface area (Å²) < 4.78 is 0. The van der Waals surface area contributed by atoms with E-state index >= 15 is 0 Å². The Kier molecular flexibility index (Phi) is 4.78. The topological polar surface area (TPSA) is 37.3 Å². The molecule has 0 heterocycles. The first-order valence-corrected chi connectivity index (χ1v) is 9.81. The van der Waals surface area contributed by atoms with E-state index in [1.165, 1.54) is 0 Å². The first-order valence-electron chi connectivity index (χ1n) is 7.95. The molecule has 0 aliphatic heterocycles. The molecule has 3 aromatic carbocycles. The lowest BCUT2D eigenvalue weighted by atomic mass is 10.3. The van der Waals surface area contributed by atoms with Crippen molar-refractivity contribution in [3.63, 3.8) is 0 Å². The van der Waals surface area contributed by atoms with Crippen LogP contribution in [0.2, 0.25) is 0 Å². The highest BCUT2D eigenvalue weighted by molar-refractivity contribution is 7.96. The Morgan fingerprint density at radius 2 is 1.00 bits per heavy atom. The maximum atomic E-state index is 12.1. The Bertz CT molecular complexity index is 704. The molecule has 0 radical (unpaired) electrons. The summed E-state index contributed by atoms with van der Waals surface area (Å²) in [7, 11) is -2.30. The Balaban J connectivity index is 2.39. The number of carbonyl (C=O) groups is 1. The lowest BCUT2D eigenvalue weighted by Crippen LogP contribution is -2.41. The molecule has 0 fully saturated rings. The van der Waals surface area contributed by atoms with Crippen LogP contribution in [0, 0.1) is 0 Å². The molecule has 0 aromatic heterocycles. The van der Waals surface area contributed by atoms with Crippen LogP contribution in [0.1, 0.15) is 6.92 Å². The van der Waals surface area contributed by atoms with Crippen molar-refractivity contribution >= 4 is 29.1 Å². The monoisotopic (exact) mass is 335 g/mol. The van der Waals surface area contributed by atoms with E-state index in [0.29, 0.717) is 0 Å². The highest BCUT2D eigenvalue weighted by Crippen LogP contribution is 2.59. The minimum absolute atomic E-state index is 0.510. The van der Waals surface area contributed by atoms with Crippen molar-refractivity contribution in [2.75, 3.05) is 0 Å². The predicted octanol–water partition coefficient (Wildman–Crippen LogP) is 3.45. The molecule has 3 aromatic rings. The van der Waals surface area contributed by atoms with E-state index in [1.807, 2.05) is 61.5 Å². The van der Waals surface area contributed by atoms with Crippen LogP contribution >= 0.6 is 7.26 Å². The fraction of sp³-hybridized carbons (Fsp3) is 0.0952. The number of rotatable bonds is 5. The predicted molar refractivity (Wildman–Crippen MR) is 102 cm³/mol. The quantitative estimate of drug-likeness (QED) is 0.725. The minimum Gasteiger partial charge on any atom is -0.478 e. The lowest BCUT2D eigenvalue weighted by molar-refractivity contribution is -0.136. The van der Waals surface area contributed by atoms with Crippen LogP contribution in [0.15, 0.2) is 91.0 Å². The number of hydrogen-bond donors (Lipinski definition) is 1. The van der Waals surface area contributed by atoms with Gasteiger partial charge in [-0.3, -0.25) is 0 Å². The Labute approximate surface area is 143 Å². The van der Waals surface area contributed by atoms with E-state index in [-0.39, 0.29) is 0 Å². The Hall–Kier alpha value is -2.44. The number of aliphatic carboxylic acids is 1. The average Bonchev–Trinajstić information content (AvgIpc) is 2.65. The first-order chi connectivity index (χ1) is 11.7. The number of benzene rings is 3. The molecule has 0 bridgehead atoms. The summed E-state index contributed by atoms with van der Waals surface area (Å²) in [5.41, 5.74) is -0.510. The van der Waals surface area contributed by atoms with Gasteiger partial charge in [-0.1, -0.05) is 54.6 Å². The second-order valence-corrected chi connectivity index (χ2v) is 9.51. The van der Waals surface area contributed by atoms with Crippen molar-refractivity contribution in [1.29, 1.82) is 0 Å². The average molecular weight is 335 g/mol. The molecule has 120 valence electrons. The molecular formula is C21H20O2P+. The third-order valence-corrected chi connectivity index (χ3v) is 9.15. The molecule has 0 amide bonds. The summed E-state index contributed by atoms with van der Waals surface area (Å²) >= 11 is 0. The van der Waals surface area contributed by atoms with Gasteiger partial charge in [-0.2, -0.15) is 0 Å². The summed E-state index contributed by atoms with van der Waals surface area (Å²) in [6, 6.07) is 30.2. The van der Waals surface area contributed by atoms with Gasteiger partial charge in [-0.05, 0) is 43.3 Å². The number of carboxylic acids is 1. The SMILES string of the molecule is CC(C(=O)O)[P+](c1ccccc1)(c1ccccc1)c1ccccc1. The maximum absolute atomic E-state index is 12.1. The zero-order valence-corrected chi connectivity index (χ0v) is 14.4. The van der Waals surface area contributed by atoms with Crippen LogP contribution in [0.5, 0.6) is 0 Å². The van der Waals surface area contributed by atoms with E-state index in [1.54, 1.807) is 0 Å². The number of carboxylic acid groups (broad SMARTS) is 1. The molecule has 24 heavy (non-hydrogen) atoms. The van der Waals surface area contributed by atoms with E-state index < -0.39 is 18.9 Å². The summed E-state index contributed by atoms with van der Waals surface area (Å²) in [5, 5.41) is 13.2. The van der Waals surface area contributed by atoms with Crippen LogP contribution in [-0.4, -0.2) is 16.7 Å². The van der Waals surface area contributed by atoms with Crippen molar-refractivity contribution in [1.82, 2.24) is 0 Å². The van der Waals surface area contributed by atoms with Crippen molar-refractivity contribution in [2.45, 2.75) is 12.6 Å². The second kappa shape index (κ2) is 6.98. The van der Waals surface area contributed by atoms with Crippen molar-refractivity contribution in [2.24, 2.45) is 0 Å². The number of hydrogen-bond acceptors (Lipinski definition) is 1. The maximum Gasteiger partial charge on any atom is 0.345 e. The minimum atomic E-state index is -2.30. The molecule has 1 unspecified atom stereocenters. The highest BCUT2D eigenvalue weighted by atomic mass is 31.2. The molecule has 1 atom stereocenters. The summed E-state index contributed by atoms with van der Waals surface area (Å²) in [5.74, 6) is -0.764. The van der Waals surface area contributed by atoms with E-state index in [4.69, 9.17) is 0 Å². The van der Waals surface area contributed by atoms with E-state index in [9.17, 15) is 9.90 Å². The van der Waals surface area contributed by atoms with Crippen molar-refractivity contribution in [3.8, 4) is 0 Å². The van der Waals surface area contributed by atoms with Gasteiger partial charge < -0.3 is 5.11 Å². The van der Waals surface area contributed by atoms with E-state index in [2.05, 4.69) is 36.4 Å². The van der Waals surface area contributed by atoms with Crippen LogP contribution in [0.25, 0.3) is 0 Å². The van der Waals surface area contributed by atoms with Crippen molar-refractivity contribution < 1.29 is 9.90 Å². The summed E-state index contributed by atoms with van der Waals surface area (Å²) in [6.45, 7) is 1.84. The lowest BCUT2D eigenvalue weighted by Gasteiger charge is -2.30. The standard InChI is InChI=1S/C21H19O2P/c1-17(21(22)23)24(18-11-5-2-6-12-18,19-13-7-3-8-14-19)20-15-9-4-10-16-20/h2-17H,1H3/p+1. The van der Waals surface area contributed by atoms with Gasteiger partial charge in [-0.15, -0.1) is 0 Å². The largest absolute Gasteiger partial charge is 0.478 e. The van der Waals surface area contributed by atoms with Gasteiger partial charge in [0.2, 0.25) is 0 Å². The van der Waals surface area contributed by atoms with Gasteiger partial charge in [0.05, 0.1) is 0 Å². The Morgan fingerprint density at radius 1 is 0.708 bits per heavy atom. The Morgan fingerprint density at radius 3 is 1.25 bits per heavy atom. The molecule has 0 saturated carbocycles. The van der Waals surface area contributed by atoms with Crippen molar-refractivity contribution in [3.05, 3.63) is 91.0 Å². The molecule has 3 rings (SSSR count). The molecule has 2 nitrogen and oxygen atoms in total. The zero-order valence-electron chi connectivity index (χ0n) is 13.5. The molecular weight excluding hydrogens is 315 g/mol. The van der Waals surface area contributed by atoms with Crippen LogP contribution in [-0.2, 0) is 4.79 Å². The van der Waals surface area contributed by atoms with Crippen LogP contribution < -0.4 is 15.9 Å². The van der Waals surface area contributed by atoms with Gasteiger partial charge in [0.15, 0.2) is 5.66 Å². The first kappa shape index (κ1) is 16.4. The molecule has 1 N–H and O–H groups in total. The molecule has 0 spiro atoms. The van der Waals surface area contributed by atoms with Gasteiger partial charge >= 0.3 is 5.97 Å². The highest BCUT2D eigenvalue weighted by Gasteiger charge is 2.53. The third-order valence-electron chi connectivity index (χ3n) is 4.43. The molecule has 0 aliphatic rings. The van der Waals surface area contributed by atoms with Gasteiger partial charge in [-0.25, -0.2) is 4.79 Å². The molecule has 0 saturated heterocycles. The van der Waals surface area contributed by atoms with E-state index in [0.717, 1.165) is 15.9 Å². The fourth-order valence-electron chi connectivity index (χ4n) is 3.27. The smallest absolute Gasteiger partial charge is 0.345 e. The van der Waals surface area contributed by atoms with Gasteiger partial charge in [0.1, 0.15) is 23.2 Å². The fourth-order valence-corrected chi connectivity index (χ4v) is 7.77. The molecule has 3 heteroatoms. The summed E-state index contributed by atoms with van der Waals surface area (Å²) in [4.78, 5) is 12.1. The zero-order chi connectivity index (χ0) is 17.0.